The molecule has 196 valence electrons. The second-order valence-corrected chi connectivity index (χ2v) is 10.7. The first-order chi connectivity index (χ1) is 16.5. The number of carbonyl (C=O) groups excluding carboxylic acids is 2. The second kappa shape index (κ2) is 13.6. The summed E-state index contributed by atoms with van der Waals surface area (Å²) in [5, 5.41) is 16.7. The molecule has 1 saturated carbocycles. The molecule has 1 fully saturated rings. The van der Waals surface area contributed by atoms with Crippen molar-refractivity contribution in [3.63, 3.8) is 0 Å². The number of unbranched alkanes of at least 4 members (excludes halogenated alkanes) is 1. The zero-order valence-corrected chi connectivity index (χ0v) is 21.9. The summed E-state index contributed by atoms with van der Waals surface area (Å²) < 4.78 is 11.3. The third-order valence-electron chi connectivity index (χ3n) is 6.26. The number of rotatable bonds is 15. The lowest BCUT2D eigenvalue weighted by atomic mass is 9.89. The molecular weight excluding hydrogens is 444 g/mol. The van der Waals surface area contributed by atoms with E-state index in [1.165, 1.54) is 0 Å². The molecule has 2 amide bonds. The molecule has 3 N–H and O–H groups in total. The van der Waals surface area contributed by atoms with Crippen molar-refractivity contribution in [3.8, 4) is 0 Å². The van der Waals surface area contributed by atoms with E-state index in [9.17, 15) is 14.7 Å². The fraction of sp³-hybridized carbons (Fsp3) is 0.643. The molecule has 7 heteroatoms. The average molecular weight is 489 g/mol. The summed E-state index contributed by atoms with van der Waals surface area (Å²) in [6.45, 7) is 13.1. The molecule has 0 heterocycles. The number of carbonyl (C=O) groups is 2. The van der Waals surface area contributed by atoms with E-state index in [1.54, 1.807) is 20.8 Å². The van der Waals surface area contributed by atoms with Crippen LogP contribution >= 0.6 is 0 Å². The largest absolute Gasteiger partial charge is 0.444 e. The van der Waals surface area contributed by atoms with Gasteiger partial charge in [-0.15, -0.1) is 0 Å². The van der Waals surface area contributed by atoms with Crippen molar-refractivity contribution in [3.05, 3.63) is 48.0 Å². The highest BCUT2D eigenvalue weighted by molar-refractivity contribution is 5.92. The molecule has 2 rings (SSSR count). The Labute approximate surface area is 210 Å². The molecule has 0 spiro atoms. The van der Waals surface area contributed by atoms with Crippen LogP contribution in [-0.2, 0) is 20.9 Å². The van der Waals surface area contributed by atoms with Gasteiger partial charge in [0.15, 0.2) is 0 Å². The van der Waals surface area contributed by atoms with Crippen molar-refractivity contribution in [2.75, 3.05) is 13.2 Å². The Morgan fingerprint density at radius 2 is 1.89 bits per heavy atom. The van der Waals surface area contributed by atoms with Crippen LogP contribution in [0.2, 0.25) is 0 Å². The summed E-state index contributed by atoms with van der Waals surface area (Å²) in [4.78, 5) is 24.8. The van der Waals surface area contributed by atoms with Gasteiger partial charge in [0.05, 0.1) is 18.8 Å². The van der Waals surface area contributed by atoms with Gasteiger partial charge in [-0.3, -0.25) is 4.79 Å². The van der Waals surface area contributed by atoms with Crippen LogP contribution in [0.1, 0.15) is 78.2 Å². The Morgan fingerprint density at radius 1 is 1.20 bits per heavy atom. The van der Waals surface area contributed by atoms with E-state index in [2.05, 4.69) is 24.1 Å². The maximum absolute atomic E-state index is 12.5. The molecule has 0 saturated heterocycles. The minimum absolute atomic E-state index is 0.00205. The Morgan fingerprint density at radius 3 is 2.49 bits per heavy atom. The first-order valence-electron chi connectivity index (χ1n) is 12.8. The lowest BCUT2D eigenvalue weighted by molar-refractivity contribution is -0.117. The van der Waals surface area contributed by atoms with Crippen molar-refractivity contribution in [1.29, 1.82) is 0 Å². The van der Waals surface area contributed by atoms with Crippen LogP contribution in [0.25, 0.3) is 0 Å². The third kappa shape index (κ3) is 11.3. The number of aliphatic hydroxyl groups is 1. The van der Waals surface area contributed by atoms with E-state index in [4.69, 9.17) is 9.47 Å². The van der Waals surface area contributed by atoms with Crippen LogP contribution < -0.4 is 10.6 Å². The summed E-state index contributed by atoms with van der Waals surface area (Å²) in [6, 6.07) is 9.49. The van der Waals surface area contributed by atoms with Gasteiger partial charge in [-0.05, 0) is 63.9 Å². The van der Waals surface area contributed by atoms with Gasteiger partial charge >= 0.3 is 6.09 Å². The maximum atomic E-state index is 12.5. The summed E-state index contributed by atoms with van der Waals surface area (Å²) in [6.07, 6.45) is 3.89. The summed E-state index contributed by atoms with van der Waals surface area (Å²) in [7, 11) is 0. The summed E-state index contributed by atoms with van der Waals surface area (Å²) >= 11 is 0. The minimum atomic E-state index is -0.949. The van der Waals surface area contributed by atoms with Crippen LogP contribution in [0, 0.1) is 5.41 Å². The van der Waals surface area contributed by atoms with E-state index < -0.39 is 23.8 Å². The molecule has 1 aromatic carbocycles. The number of alkyl carbamates (subject to hydrolysis) is 1. The smallest absolute Gasteiger partial charge is 0.407 e. The van der Waals surface area contributed by atoms with Crippen LogP contribution in [-0.4, -0.2) is 48.0 Å². The molecule has 35 heavy (non-hydrogen) atoms. The topological polar surface area (TPSA) is 96.9 Å². The van der Waals surface area contributed by atoms with Crippen LogP contribution in [0.15, 0.2) is 42.5 Å². The molecule has 1 aliphatic rings. The molecule has 1 aromatic rings. The molecule has 0 aliphatic heterocycles. The van der Waals surface area contributed by atoms with Gasteiger partial charge in [-0.1, -0.05) is 50.3 Å². The van der Waals surface area contributed by atoms with Crippen molar-refractivity contribution in [1.82, 2.24) is 10.6 Å². The van der Waals surface area contributed by atoms with Crippen molar-refractivity contribution >= 4 is 12.0 Å². The quantitative estimate of drug-likeness (QED) is 0.241. The number of benzene rings is 1. The monoisotopic (exact) mass is 488 g/mol. The van der Waals surface area contributed by atoms with E-state index in [0.717, 1.165) is 37.7 Å². The van der Waals surface area contributed by atoms with Gasteiger partial charge in [0, 0.05) is 25.1 Å². The standard InChI is InChI=1S/C28H44N2O5/c1-6-7-16-29-25(32)21(2)18-24(31)23(30-26(33)35-27(3,4)5)19-28(13-14-28)15-17-34-20-22-11-9-8-10-12-22/h8-12,23-24,31H,2,6-7,13-20H2,1,3-5H3,(H,29,32)(H,30,33)/t23-,24-/m0/s1. The van der Waals surface area contributed by atoms with Crippen LogP contribution in [0.5, 0.6) is 0 Å². The molecule has 7 nitrogen and oxygen atoms in total. The van der Waals surface area contributed by atoms with Crippen molar-refractivity contribution < 1.29 is 24.2 Å². The molecule has 1 aliphatic carbocycles. The summed E-state index contributed by atoms with van der Waals surface area (Å²) in [5.41, 5.74) is 0.793. The zero-order valence-electron chi connectivity index (χ0n) is 21.9. The highest BCUT2D eigenvalue weighted by atomic mass is 16.6. The fourth-order valence-electron chi connectivity index (χ4n) is 3.99. The Bertz CT molecular complexity index is 814. The van der Waals surface area contributed by atoms with Gasteiger partial charge in [-0.2, -0.15) is 0 Å². The van der Waals surface area contributed by atoms with Crippen LogP contribution in [0.3, 0.4) is 0 Å². The van der Waals surface area contributed by atoms with Gasteiger partial charge in [0.25, 0.3) is 0 Å². The Kier molecular flexibility index (Phi) is 11.2. The van der Waals surface area contributed by atoms with E-state index in [-0.39, 0.29) is 17.7 Å². The van der Waals surface area contributed by atoms with Crippen molar-refractivity contribution in [2.45, 2.75) is 97.0 Å². The fourth-order valence-corrected chi connectivity index (χ4v) is 3.99. The molecule has 0 aromatic heterocycles. The summed E-state index contributed by atoms with van der Waals surface area (Å²) in [5.74, 6) is -0.260. The predicted octanol–water partition coefficient (Wildman–Crippen LogP) is 4.88. The first kappa shape index (κ1) is 28.9. The SMILES string of the molecule is C=C(C[C@H](O)[C@H](CC1(CCOCc2ccccc2)CC1)NC(=O)OC(C)(C)C)C(=O)NCCCC. The van der Waals surface area contributed by atoms with E-state index >= 15 is 0 Å². The number of nitrogens with one attached hydrogen (secondary N) is 2. The van der Waals surface area contributed by atoms with Gasteiger partial charge in [-0.25, -0.2) is 4.79 Å². The van der Waals surface area contributed by atoms with Gasteiger partial charge in [0.2, 0.25) is 5.91 Å². The molecule has 0 radical (unpaired) electrons. The number of hydrogen-bond acceptors (Lipinski definition) is 5. The van der Waals surface area contributed by atoms with Gasteiger partial charge in [0.1, 0.15) is 5.60 Å². The normalized spacial score (nSPS) is 16.1. The second-order valence-electron chi connectivity index (χ2n) is 10.7. The van der Waals surface area contributed by atoms with Gasteiger partial charge < -0.3 is 25.2 Å². The average Bonchev–Trinajstić information content (AvgIpc) is 3.55. The number of hydrogen-bond donors (Lipinski definition) is 3. The Hall–Kier alpha value is -2.38. The molecular formula is C28H44N2O5. The van der Waals surface area contributed by atoms with E-state index in [1.807, 2.05) is 30.3 Å². The molecule has 2 atom stereocenters. The highest BCUT2D eigenvalue weighted by Gasteiger charge is 2.45. The lowest BCUT2D eigenvalue weighted by Crippen LogP contribution is -2.47. The lowest BCUT2D eigenvalue weighted by Gasteiger charge is -2.30. The predicted molar refractivity (Wildman–Crippen MR) is 138 cm³/mol. The molecule has 0 unspecified atom stereocenters. The number of aliphatic hydroxyl groups excluding tert-OH is 1. The highest BCUT2D eigenvalue weighted by Crippen LogP contribution is 2.53. The zero-order chi connectivity index (χ0) is 25.9. The minimum Gasteiger partial charge on any atom is -0.444 e. The Balaban J connectivity index is 1.94. The maximum Gasteiger partial charge on any atom is 0.407 e. The third-order valence-corrected chi connectivity index (χ3v) is 6.26. The van der Waals surface area contributed by atoms with Crippen molar-refractivity contribution in [2.24, 2.45) is 5.41 Å². The number of amides is 2. The number of ether oxygens (including phenoxy) is 2. The first-order valence-corrected chi connectivity index (χ1v) is 12.8. The van der Waals surface area contributed by atoms with Crippen LogP contribution in [0.4, 0.5) is 4.79 Å². The van der Waals surface area contributed by atoms with E-state index in [0.29, 0.717) is 31.8 Å². The molecule has 0 bridgehead atoms.